The number of nitrogens with zero attached hydrogens (tertiary/aromatic N) is 2. The molecule has 1 aromatic rings. The molecule has 2 saturated heterocycles. The van der Waals surface area contributed by atoms with Gasteiger partial charge >= 0.3 is 0 Å². The highest BCUT2D eigenvalue weighted by Gasteiger charge is 2.56. The SMILES string of the molecule is O=C(NC1CCN(Cc2ccccc2)CC1)[C@H]1CCCN1C(=O)C12CC3CC(CC(C3)C1)C2. The second-order valence-corrected chi connectivity index (χ2v) is 11.9. The quantitative estimate of drug-likeness (QED) is 0.740. The molecule has 5 heteroatoms. The van der Waals surface area contributed by atoms with Crippen LogP contribution in [0.2, 0.25) is 0 Å². The number of piperidine rings is 1. The minimum absolute atomic E-state index is 0.104. The summed E-state index contributed by atoms with van der Waals surface area (Å²) in [4.78, 5) is 31.7. The molecule has 178 valence electrons. The summed E-state index contributed by atoms with van der Waals surface area (Å²) in [6.07, 6.45) is 11.1. The summed E-state index contributed by atoms with van der Waals surface area (Å²) >= 11 is 0. The summed E-state index contributed by atoms with van der Waals surface area (Å²) in [7, 11) is 0. The number of carbonyl (C=O) groups is 2. The van der Waals surface area contributed by atoms with E-state index in [2.05, 4.69) is 40.5 Å². The van der Waals surface area contributed by atoms with E-state index in [1.165, 1.54) is 24.8 Å². The van der Waals surface area contributed by atoms with Crippen molar-refractivity contribution in [1.29, 1.82) is 0 Å². The monoisotopic (exact) mass is 449 g/mol. The highest BCUT2D eigenvalue weighted by atomic mass is 16.2. The molecule has 2 heterocycles. The van der Waals surface area contributed by atoms with Gasteiger partial charge in [-0.1, -0.05) is 30.3 Å². The Morgan fingerprint density at radius 3 is 2.15 bits per heavy atom. The molecule has 1 aromatic carbocycles. The molecule has 2 aliphatic heterocycles. The lowest BCUT2D eigenvalue weighted by Crippen LogP contribution is -2.58. The maximum atomic E-state index is 13.9. The van der Waals surface area contributed by atoms with Crippen LogP contribution in [-0.4, -0.2) is 53.3 Å². The molecule has 0 radical (unpaired) electrons. The van der Waals surface area contributed by atoms with Crippen molar-refractivity contribution in [2.45, 2.75) is 82.8 Å². The van der Waals surface area contributed by atoms with E-state index in [0.29, 0.717) is 5.91 Å². The van der Waals surface area contributed by atoms with Crippen molar-refractivity contribution in [1.82, 2.24) is 15.1 Å². The normalized spacial score (nSPS) is 36.3. The molecular weight excluding hydrogens is 410 g/mol. The van der Waals surface area contributed by atoms with Gasteiger partial charge < -0.3 is 10.2 Å². The minimum Gasteiger partial charge on any atom is -0.351 e. The van der Waals surface area contributed by atoms with Gasteiger partial charge in [0.25, 0.3) is 0 Å². The van der Waals surface area contributed by atoms with Gasteiger partial charge in [0.05, 0.1) is 5.41 Å². The van der Waals surface area contributed by atoms with E-state index in [0.717, 1.165) is 88.9 Å². The number of amides is 2. The molecule has 7 rings (SSSR count). The first kappa shape index (κ1) is 21.6. The number of hydrogen-bond acceptors (Lipinski definition) is 3. The maximum absolute atomic E-state index is 13.9. The molecule has 6 aliphatic rings. The molecular formula is C28H39N3O2. The van der Waals surface area contributed by atoms with Crippen molar-refractivity contribution in [2.75, 3.05) is 19.6 Å². The predicted octanol–water partition coefficient (Wildman–Crippen LogP) is 3.97. The molecule has 4 aliphatic carbocycles. The minimum atomic E-state index is -0.243. The van der Waals surface area contributed by atoms with E-state index in [1.54, 1.807) is 0 Å². The van der Waals surface area contributed by atoms with Crippen LogP contribution in [0.4, 0.5) is 0 Å². The van der Waals surface area contributed by atoms with Crippen molar-refractivity contribution < 1.29 is 9.59 Å². The fraction of sp³-hybridized carbons (Fsp3) is 0.714. The smallest absolute Gasteiger partial charge is 0.243 e. The predicted molar refractivity (Wildman–Crippen MR) is 128 cm³/mol. The van der Waals surface area contributed by atoms with Crippen molar-refractivity contribution in [3.05, 3.63) is 35.9 Å². The van der Waals surface area contributed by atoms with Crippen molar-refractivity contribution >= 4 is 11.8 Å². The van der Waals surface area contributed by atoms with E-state index in [4.69, 9.17) is 0 Å². The lowest BCUT2D eigenvalue weighted by molar-refractivity contribution is -0.160. The topological polar surface area (TPSA) is 52.7 Å². The van der Waals surface area contributed by atoms with E-state index in [1.807, 2.05) is 4.90 Å². The first-order valence-corrected chi connectivity index (χ1v) is 13.5. The Morgan fingerprint density at radius 2 is 1.52 bits per heavy atom. The molecule has 1 atom stereocenters. The summed E-state index contributed by atoms with van der Waals surface area (Å²) in [5.41, 5.74) is 1.21. The average molecular weight is 450 g/mol. The third-order valence-electron chi connectivity index (χ3n) is 9.49. The van der Waals surface area contributed by atoms with E-state index >= 15 is 0 Å². The van der Waals surface area contributed by atoms with Crippen molar-refractivity contribution in [3.63, 3.8) is 0 Å². The Kier molecular flexibility index (Phi) is 5.72. The van der Waals surface area contributed by atoms with Gasteiger partial charge in [-0.2, -0.15) is 0 Å². The lowest BCUT2D eigenvalue weighted by Gasteiger charge is -2.56. The van der Waals surface area contributed by atoms with Crippen LogP contribution in [0.3, 0.4) is 0 Å². The molecule has 5 nitrogen and oxygen atoms in total. The molecule has 4 bridgehead atoms. The number of likely N-dealkylation sites (tertiary alicyclic amines) is 2. The summed E-state index contributed by atoms with van der Waals surface area (Å²) in [6, 6.07) is 10.6. The summed E-state index contributed by atoms with van der Waals surface area (Å²) in [5, 5.41) is 3.34. The third kappa shape index (κ3) is 4.22. The first-order valence-electron chi connectivity index (χ1n) is 13.5. The van der Waals surface area contributed by atoms with Crippen molar-refractivity contribution in [3.8, 4) is 0 Å². The number of nitrogens with one attached hydrogen (secondary N) is 1. The highest BCUT2D eigenvalue weighted by molar-refractivity contribution is 5.91. The van der Waals surface area contributed by atoms with Crippen LogP contribution in [0.15, 0.2) is 30.3 Å². The van der Waals surface area contributed by atoms with Gasteiger partial charge in [0.2, 0.25) is 11.8 Å². The molecule has 4 saturated carbocycles. The van der Waals surface area contributed by atoms with Gasteiger partial charge in [0, 0.05) is 32.2 Å². The second-order valence-electron chi connectivity index (χ2n) is 11.9. The molecule has 1 N–H and O–H groups in total. The van der Waals surface area contributed by atoms with Crippen LogP contribution in [0.25, 0.3) is 0 Å². The largest absolute Gasteiger partial charge is 0.351 e. The molecule has 6 fully saturated rings. The average Bonchev–Trinajstić information content (AvgIpc) is 3.30. The van der Waals surface area contributed by atoms with E-state index in [9.17, 15) is 9.59 Å². The van der Waals surface area contributed by atoms with Crippen LogP contribution >= 0.6 is 0 Å². The number of rotatable bonds is 5. The Morgan fingerprint density at radius 1 is 0.879 bits per heavy atom. The van der Waals surface area contributed by atoms with Gasteiger partial charge in [-0.15, -0.1) is 0 Å². The first-order chi connectivity index (χ1) is 16.1. The number of benzene rings is 1. The Bertz CT molecular complexity index is 841. The lowest BCUT2D eigenvalue weighted by atomic mass is 9.49. The van der Waals surface area contributed by atoms with Crippen LogP contribution in [0, 0.1) is 23.2 Å². The Balaban J connectivity index is 1.04. The van der Waals surface area contributed by atoms with Crippen LogP contribution in [0.1, 0.15) is 69.8 Å². The van der Waals surface area contributed by atoms with Gasteiger partial charge in [-0.3, -0.25) is 14.5 Å². The zero-order valence-corrected chi connectivity index (χ0v) is 19.9. The Hall–Kier alpha value is -1.88. The molecule has 0 aromatic heterocycles. The van der Waals surface area contributed by atoms with E-state index in [-0.39, 0.29) is 23.4 Å². The van der Waals surface area contributed by atoms with Gasteiger partial charge in [0.15, 0.2) is 0 Å². The summed E-state index contributed by atoms with van der Waals surface area (Å²) in [5.74, 6) is 2.72. The molecule has 0 unspecified atom stereocenters. The molecule has 2 amide bonds. The summed E-state index contributed by atoms with van der Waals surface area (Å²) in [6.45, 7) is 3.78. The van der Waals surface area contributed by atoms with Crippen LogP contribution in [0.5, 0.6) is 0 Å². The number of hydrogen-bond donors (Lipinski definition) is 1. The standard InChI is InChI=1S/C28H39N3O2/c32-26(29-24-8-11-30(12-9-24)19-20-5-2-1-3-6-20)25-7-4-10-31(25)27(33)28-16-21-13-22(17-28)15-23(14-21)18-28/h1-3,5-6,21-25H,4,7-19H2,(H,29,32)/t21?,22?,23?,25-,28?/m1/s1. The fourth-order valence-electron chi connectivity index (χ4n) is 8.33. The Labute approximate surface area is 198 Å². The zero-order valence-electron chi connectivity index (χ0n) is 19.9. The zero-order chi connectivity index (χ0) is 22.4. The van der Waals surface area contributed by atoms with Crippen molar-refractivity contribution in [2.24, 2.45) is 23.2 Å². The van der Waals surface area contributed by atoms with E-state index < -0.39 is 0 Å². The molecule has 33 heavy (non-hydrogen) atoms. The van der Waals surface area contributed by atoms with Gasteiger partial charge in [0.1, 0.15) is 6.04 Å². The fourth-order valence-corrected chi connectivity index (χ4v) is 8.33. The number of carbonyl (C=O) groups excluding carboxylic acids is 2. The van der Waals surface area contributed by atoms with Crippen LogP contribution in [-0.2, 0) is 16.1 Å². The molecule has 0 spiro atoms. The summed E-state index contributed by atoms with van der Waals surface area (Å²) < 4.78 is 0. The van der Waals surface area contributed by atoms with Gasteiger partial charge in [-0.05, 0) is 87.5 Å². The van der Waals surface area contributed by atoms with Crippen LogP contribution < -0.4 is 5.32 Å². The third-order valence-corrected chi connectivity index (χ3v) is 9.49. The maximum Gasteiger partial charge on any atom is 0.243 e. The van der Waals surface area contributed by atoms with Gasteiger partial charge in [-0.25, -0.2) is 0 Å². The second kappa shape index (κ2) is 8.72. The highest BCUT2D eigenvalue weighted by Crippen LogP contribution is 2.60.